The van der Waals surface area contributed by atoms with E-state index in [4.69, 9.17) is 9.84 Å². The van der Waals surface area contributed by atoms with Crippen molar-refractivity contribution in [2.75, 3.05) is 37.1 Å². The lowest BCUT2D eigenvalue weighted by Crippen LogP contribution is -2.38. The molecule has 0 aliphatic rings. The van der Waals surface area contributed by atoms with Crippen molar-refractivity contribution in [2.24, 2.45) is 0 Å². The number of aromatic nitrogens is 4. The van der Waals surface area contributed by atoms with E-state index in [-0.39, 0.29) is 22.8 Å². The maximum atomic E-state index is 14.2. The van der Waals surface area contributed by atoms with Crippen LogP contribution in [0.1, 0.15) is 52.6 Å². The molecule has 41 heavy (non-hydrogen) atoms. The molecule has 10 nitrogen and oxygen atoms in total. The van der Waals surface area contributed by atoms with Crippen molar-refractivity contribution in [3.8, 4) is 17.1 Å². The molecule has 0 saturated heterocycles. The number of benzene rings is 2. The van der Waals surface area contributed by atoms with Crippen LogP contribution in [0.2, 0.25) is 0 Å². The maximum absolute atomic E-state index is 14.2. The number of ether oxygens (including phenoxy) is 1. The average molecular weight is 581 g/mol. The molecule has 0 bridgehead atoms. The molecule has 0 unspecified atom stereocenters. The van der Waals surface area contributed by atoms with Crippen molar-refractivity contribution in [3.05, 3.63) is 70.4 Å². The molecule has 1 N–H and O–H groups in total. The topological polar surface area (TPSA) is 113 Å². The second-order valence-electron chi connectivity index (χ2n) is 9.67. The van der Waals surface area contributed by atoms with Gasteiger partial charge >= 0.3 is 0 Å². The third-order valence-corrected chi connectivity index (χ3v) is 8.92. The molecule has 4 aromatic rings. The number of aryl methyl sites for hydroxylation is 2. The summed E-state index contributed by atoms with van der Waals surface area (Å²) in [6, 6.07) is 13.8. The summed E-state index contributed by atoms with van der Waals surface area (Å²) in [6.07, 6.45) is 2.09. The average Bonchev–Trinajstić information content (AvgIpc) is 3.34. The Hall–Kier alpha value is -3.70. The Morgan fingerprint density at radius 1 is 0.976 bits per heavy atom. The standard InChI is InChI=1S/C30H40N6O4S/c1-6-14-27-31-25(7-2)28-30(37)32-29(33-36(27)28)24-21-23(17-18-26(24)40-10-5)41(38,39)35(20-19-34(8-3)9-4)22-15-12-11-13-16-22/h11-13,15-18,21H,6-10,14,19-20H2,1-5H3,(H,32,33,37). The fraction of sp³-hybridized carbons (Fsp3) is 0.433. The van der Waals surface area contributed by atoms with Gasteiger partial charge in [0.05, 0.1) is 28.4 Å². The highest BCUT2D eigenvalue weighted by Crippen LogP contribution is 2.33. The van der Waals surface area contributed by atoms with Gasteiger partial charge < -0.3 is 14.6 Å². The number of aromatic amines is 1. The minimum atomic E-state index is -3.99. The quantitative estimate of drug-likeness (QED) is 0.233. The number of nitrogens with one attached hydrogen (secondary N) is 1. The van der Waals surface area contributed by atoms with Gasteiger partial charge in [0.15, 0.2) is 11.3 Å². The highest BCUT2D eigenvalue weighted by atomic mass is 32.2. The van der Waals surface area contributed by atoms with Gasteiger partial charge in [-0.1, -0.05) is 45.9 Å². The van der Waals surface area contributed by atoms with Gasteiger partial charge in [0, 0.05) is 19.5 Å². The van der Waals surface area contributed by atoms with Crippen LogP contribution in [0, 0.1) is 0 Å². The summed E-state index contributed by atoms with van der Waals surface area (Å²) >= 11 is 0. The van der Waals surface area contributed by atoms with E-state index in [2.05, 4.69) is 28.7 Å². The fourth-order valence-corrected chi connectivity index (χ4v) is 6.39. The summed E-state index contributed by atoms with van der Waals surface area (Å²) in [5.74, 6) is 1.34. The van der Waals surface area contributed by atoms with Crippen LogP contribution in [-0.4, -0.2) is 65.7 Å². The first-order valence-electron chi connectivity index (χ1n) is 14.4. The molecule has 0 atom stereocenters. The fourth-order valence-electron chi connectivity index (χ4n) is 4.90. The first-order valence-corrected chi connectivity index (χ1v) is 15.8. The summed E-state index contributed by atoms with van der Waals surface area (Å²) in [6.45, 7) is 12.8. The Balaban J connectivity index is 1.87. The highest BCUT2D eigenvalue weighted by molar-refractivity contribution is 7.92. The minimum absolute atomic E-state index is 0.0794. The van der Waals surface area contributed by atoms with Crippen molar-refractivity contribution in [2.45, 2.75) is 58.8 Å². The summed E-state index contributed by atoms with van der Waals surface area (Å²) in [5, 5.41) is 4.75. The normalized spacial score (nSPS) is 11.9. The number of likely N-dealkylation sites (N-methyl/N-ethyl adjacent to an activating group) is 1. The van der Waals surface area contributed by atoms with Crippen LogP contribution in [0.5, 0.6) is 5.75 Å². The van der Waals surface area contributed by atoms with Crippen molar-refractivity contribution in [3.63, 3.8) is 0 Å². The lowest BCUT2D eigenvalue weighted by molar-refractivity contribution is 0.313. The van der Waals surface area contributed by atoms with Crippen molar-refractivity contribution in [1.29, 1.82) is 0 Å². The molecule has 0 amide bonds. The molecule has 220 valence electrons. The minimum Gasteiger partial charge on any atom is -0.493 e. The van der Waals surface area contributed by atoms with Crippen molar-refractivity contribution >= 4 is 21.2 Å². The van der Waals surface area contributed by atoms with E-state index in [9.17, 15) is 13.2 Å². The van der Waals surface area contributed by atoms with Gasteiger partial charge in [-0.15, -0.1) is 5.10 Å². The highest BCUT2D eigenvalue weighted by Gasteiger charge is 2.27. The molecule has 0 radical (unpaired) electrons. The molecule has 11 heteroatoms. The molecule has 4 rings (SSSR count). The number of anilines is 1. The number of para-hydroxylation sites is 1. The predicted octanol–water partition coefficient (Wildman–Crippen LogP) is 4.54. The lowest BCUT2D eigenvalue weighted by Gasteiger charge is -2.28. The Labute approximate surface area is 242 Å². The predicted molar refractivity (Wildman–Crippen MR) is 162 cm³/mol. The van der Waals surface area contributed by atoms with Gasteiger partial charge in [-0.25, -0.2) is 17.9 Å². The van der Waals surface area contributed by atoms with E-state index in [0.717, 1.165) is 19.5 Å². The molecular weight excluding hydrogens is 540 g/mol. The van der Waals surface area contributed by atoms with Crippen LogP contribution in [-0.2, 0) is 22.9 Å². The number of sulfonamides is 1. The largest absolute Gasteiger partial charge is 0.493 e. The monoisotopic (exact) mass is 580 g/mol. The van der Waals surface area contributed by atoms with Crippen LogP contribution >= 0.6 is 0 Å². The molecule has 2 heterocycles. The molecule has 0 fully saturated rings. The van der Waals surface area contributed by atoms with Gasteiger partial charge in [-0.2, -0.15) is 0 Å². The lowest BCUT2D eigenvalue weighted by atomic mass is 10.2. The molecule has 2 aromatic heterocycles. The van der Waals surface area contributed by atoms with E-state index in [1.807, 2.05) is 39.0 Å². The molecule has 0 saturated carbocycles. The molecule has 0 spiro atoms. The summed E-state index contributed by atoms with van der Waals surface area (Å²) < 4.78 is 37.3. The zero-order valence-electron chi connectivity index (χ0n) is 24.6. The number of fused-ring (bicyclic) bond motifs is 1. The second kappa shape index (κ2) is 13.3. The molecule has 2 aromatic carbocycles. The Kier molecular flexibility index (Phi) is 9.82. The van der Waals surface area contributed by atoms with Gasteiger partial charge in [-0.05, 0) is 63.2 Å². The number of nitrogens with zero attached hydrogens (tertiary/aromatic N) is 5. The third-order valence-electron chi connectivity index (χ3n) is 7.10. The summed E-state index contributed by atoms with van der Waals surface area (Å²) in [5.41, 5.74) is 1.73. The molecular formula is C30H40N6O4S. The van der Waals surface area contributed by atoms with Crippen LogP contribution in [0.3, 0.4) is 0 Å². The van der Waals surface area contributed by atoms with Crippen molar-refractivity contribution in [1.82, 2.24) is 24.5 Å². The van der Waals surface area contributed by atoms with E-state index >= 15 is 0 Å². The SMILES string of the molecule is CCCc1nc(CC)c2c(=O)[nH]c(-c3cc(S(=O)(=O)N(CCN(CC)CC)c4ccccc4)ccc3OCC)nn12. The summed E-state index contributed by atoms with van der Waals surface area (Å²) in [7, 11) is -3.99. The number of H-pyrrole nitrogens is 1. The van der Waals surface area contributed by atoms with Crippen LogP contribution in [0.4, 0.5) is 5.69 Å². The van der Waals surface area contributed by atoms with E-state index in [1.165, 1.54) is 10.4 Å². The maximum Gasteiger partial charge on any atom is 0.277 e. The molecule has 0 aliphatic carbocycles. The first-order chi connectivity index (χ1) is 19.8. The van der Waals surface area contributed by atoms with Crippen LogP contribution in [0.15, 0.2) is 58.2 Å². The van der Waals surface area contributed by atoms with Crippen LogP contribution in [0.25, 0.3) is 16.9 Å². The smallest absolute Gasteiger partial charge is 0.277 e. The van der Waals surface area contributed by atoms with Gasteiger partial charge in [0.2, 0.25) is 0 Å². The zero-order chi connectivity index (χ0) is 29.6. The molecule has 0 aliphatic heterocycles. The zero-order valence-corrected chi connectivity index (χ0v) is 25.4. The van der Waals surface area contributed by atoms with E-state index in [1.54, 1.807) is 28.8 Å². The van der Waals surface area contributed by atoms with Gasteiger partial charge in [0.25, 0.3) is 15.6 Å². The van der Waals surface area contributed by atoms with Gasteiger partial charge in [-0.3, -0.25) is 9.10 Å². The summed E-state index contributed by atoms with van der Waals surface area (Å²) in [4.78, 5) is 23.1. The second-order valence-corrected chi connectivity index (χ2v) is 11.5. The van der Waals surface area contributed by atoms with Crippen LogP contribution < -0.4 is 14.6 Å². The van der Waals surface area contributed by atoms with E-state index < -0.39 is 10.0 Å². The number of rotatable bonds is 14. The Morgan fingerprint density at radius 3 is 2.34 bits per heavy atom. The van der Waals surface area contributed by atoms with Crippen molar-refractivity contribution < 1.29 is 13.2 Å². The number of imidazole rings is 1. The number of hydrogen-bond donors (Lipinski definition) is 1. The third kappa shape index (κ3) is 6.31. The Morgan fingerprint density at radius 2 is 1.71 bits per heavy atom. The number of hydrogen-bond acceptors (Lipinski definition) is 7. The van der Waals surface area contributed by atoms with E-state index in [0.29, 0.717) is 60.0 Å². The Bertz CT molecular complexity index is 1630. The van der Waals surface area contributed by atoms with Gasteiger partial charge in [0.1, 0.15) is 11.6 Å². The first kappa shape index (κ1) is 30.3.